The van der Waals surface area contributed by atoms with Crippen molar-refractivity contribution >= 4 is 28.3 Å². The molecule has 1 aromatic rings. The van der Waals surface area contributed by atoms with E-state index in [1.165, 1.54) is 23.3 Å². The first kappa shape index (κ1) is 13.4. The number of nitrogens with one attached hydrogen (secondary N) is 1. The van der Waals surface area contributed by atoms with Crippen molar-refractivity contribution < 1.29 is 14.3 Å². The molecule has 2 amide bonds. The molecule has 3 rings (SSSR count). The highest BCUT2D eigenvalue weighted by molar-refractivity contribution is 7.17. The minimum atomic E-state index is -0.346. The Bertz CT molecular complexity index is 547. The Kier molecular flexibility index (Phi) is 3.65. The third kappa shape index (κ3) is 2.28. The van der Waals surface area contributed by atoms with E-state index in [0.29, 0.717) is 10.6 Å². The average molecular weight is 294 g/mol. The van der Waals surface area contributed by atoms with Crippen LogP contribution >= 0.6 is 11.3 Å². The van der Waals surface area contributed by atoms with Crippen LogP contribution in [0.2, 0.25) is 0 Å². The molecule has 1 aromatic heterocycles. The van der Waals surface area contributed by atoms with Crippen LogP contribution in [0.5, 0.6) is 0 Å². The molecule has 2 aliphatic rings. The number of urea groups is 1. The first-order valence-electron chi connectivity index (χ1n) is 6.99. The van der Waals surface area contributed by atoms with Crippen molar-refractivity contribution in [2.45, 2.75) is 32.1 Å². The van der Waals surface area contributed by atoms with Crippen molar-refractivity contribution in [1.82, 2.24) is 4.90 Å². The van der Waals surface area contributed by atoms with Crippen molar-refractivity contribution in [3.05, 3.63) is 16.0 Å². The van der Waals surface area contributed by atoms with Gasteiger partial charge in [0.05, 0.1) is 12.7 Å². The highest BCUT2D eigenvalue weighted by atomic mass is 32.1. The van der Waals surface area contributed by atoms with Gasteiger partial charge in [0.2, 0.25) is 0 Å². The standard InChI is InChI=1S/C14H18N2O3S/c1-19-13(17)11-9-5-4-6-10(9)20-12(11)15-14(18)16-7-2-3-8-16/h2-8H2,1H3,(H,15,18). The number of carbonyl (C=O) groups excluding carboxylic acids is 2. The van der Waals surface area contributed by atoms with Crippen LogP contribution in [-0.4, -0.2) is 37.1 Å². The second kappa shape index (κ2) is 5.44. The number of fused-ring (bicyclic) bond motifs is 1. The molecule has 0 atom stereocenters. The predicted octanol–water partition coefficient (Wildman–Crippen LogP) is 2.65. The Morgan fingerprint density at radius 1 is 1.20 bits per heavy atom. The van der Waals surface area contributed by atoms with Crippen LogP contribution in [0.3, 0.4) is 0 Å². The van der Waals surface area contributed by atoms with E-state index in [1.54, 1.807) is 4.90 Å². The summed E-state index contributed by atoms with van der Waals surface area (Å²) in [6, 6.07) is -0.104. The van der Waals surface area contributed by atoms with Gasteiger partial charge in [0.1, 0.15) is 5.00 Å². The highest BCUT2D eigenvalue weighted by Crippen LogP contribution is 2.39. The summed E-state index contributed by atoms with van der Waals surface area (Å²) in [5.74, 6) is -0.346. The molecule has 0 radical (unpaired) electrons. The van der Waals surface area contributed by atoms with Crippen molar-refractivity contribution in [1.29, 1.82) is 0 Å². The fourth-order valence-corrected chi connectivity index (χ4v) is 4.17. The number of hydrogen-bond donors (Lipinski definition) is 1. The Labute approximate surface area is 121 Å². The maximum Gasteiger partial charge on any atom is 0.341 e. The van der Waals surface area contributed by atoms with E-state index in [9.17, 15) is 9.59 Å². The third-order valence-electron chi connectivity index (χ3n) is 3.92. The molecule has 0 aromatic carbocycles. The minimum absolute atomic E-state index is 0.104. The van der Waals surface area contributed by atoms with Gasteiger partial charge in [-0.2, -0.15) is 0 Å². The second-order valence-corrected chi connectivity index (χ2v) is 6.28. The topological polar surface area (TPSA) is 58.6 Å². The van der Waals surface area contributed by atoms with E-state index in [2.05, 4.69) is 5.32 Å². The van der Waals surface area contributed by atoms with Crippen LogP contribution in [0.4, 0.5) is 9.80 Å². The molecule has 1 aliphatic heterocycles. The fraction of sp³-hybridized carbons (Fsp3) is 0.571. The lowest BCUT2D eigenvalue weighted by atomic mass is 10.1. The molecule has 2 heterocycles. The molecule has 6 heteroatoms. The minimum Gasteiger partial charge on any atom is -0.465 e. The van der Waals surface area contributed by atoms with Gasteiger partial charge in [0, 0.05) is 18.0 Å². The van der Waals surface area contributed by atoms with Gasteiger partial charge in [0.25, 0.3) is 0 Å². The van der Waals surface area contributed by atoms with Gasteiger partial charge in [-0.1, -0.05) is 0 Å². The third-order valence-corrected chi connectivity index (χ3v) is 5.13. The molecule has 1 N–H and O–H groups in total. The van der Waals surface area contributed by atoms with Crippen LogP contribution < -0.4 is 5.32 Å². The average Bonchev–Trinajstić information content (AvgIpc) is 3.13. The van der Waals surface area contributed by atoms with Gasteiger partial charge in [0.15, 0.2) is 0 Å². The molecule has 20 heavy (non-hydrogen) atoms. The van der Waals surface area contributed by atoms with E-state index in [-0.39, 0.29) is 12.0 Å². The lowest BCUT2D eigenvalue weighted by Gasteiger charge is -2.16. The van der Waals surface area contributed by atoms with Crippen LogP contribution in [0.1, 0.15) is 40.1 Å². The molecule has 1 fully saturated rings. The van der Waals surface area contributed by atoms with Crippen LogP contribution in [0.25, 0.3) is 0 Å². The number of rotatable bonds is 2. The van der Waals surface area contributed by atoms with Crippen LogP contribution in [0, 0.1) is 0 Å². The summed E-state index contributed by atoms with van der Waals surface area (Å²) in [6.45, 7) is 1.59. The number of esters is 1. The number of amides is 2. The maximum atomic E-state index is 12.2. The smallest absolute Gasteiger partial charge is 0.341 e. The first-order valence-corrected chi connectivity index (χ1v) is 7.81. The van der Waals surface area contributed by atoms with Gasteiger partial charge >= 0.3 is 12.0 Å². The number of hydrogen-bond acceptors (Lipinski definition) is 4. The summed E-state index contributed by atoms with van der Waals surface area (Å²) in [5.41, 5.74) is 1.64. The number of carbonyl (C=O) groups is 2. The molecular formula is C14H18N2O3S. The number of likely N-dealkylation sites (tertiary alicyclic amines) is 1. The van der Waals surface area contributed by atoms with E-state index in [0.717, 1.165) is 50.8 Å². The molecule has 108 valence electrons. The summed E-state index contributed by atoms with van der Waals surface area (Å²) in [5, 5.41) is 3.55. The number of ether oxygens (including phenoxy) is 1. The van der Waals surface area contributed by atoms with E-state index in [4.69, 9.17) is 4.74 Å². The Morgan fingerprint density at radius 3 is 2.65 bits per heavy atom. The van der Waals surface area contributed by atoms with Crippen LogP contribution in [0.15, 0.2) is 0 Å². The molecule has 1 aliphatic carbocycles. The summed E-state index contributed by atoms with van der Waals surface area (Å²) < 4.78 is 4.87. The summed E-state index contributed by atoms with van der Waals surface area (Å²) in [4.78, 5) is 27.2. The summed E-state index contributed by atoms with van der Waals surface area (Å²) in [7, 11) is 1.38. The molecule has 0 unspecified atom stereocenters. The van der Waals surface area contributed by atoms with Crippen molar-refractivity contribution in [2.75, 3.05) is 25.5 Å². The number of anilines is 1. The fourth-order valence-electron chi connectivity index (χ4n) is 2.91. The highest BCUT2D eigenvalue weighted by Gasteiger charge is 2.29. The molecule has 1 saturated heterocycles. The molecule has 0 spiro atoms. The number of nitrogens with zero attached hydrogens (tertiary/aromatic N) is 1. The first-order chi connectivity index (χ1) is 9.70. The Morgan fingerprint density at radius 2 is 1.95 bits per heavy atom. The molecule has 5 nitrogen and oxygen atoms in total. The zero-order valence-corrected chi connectivity index (χ0v) is 12.3. The van der Waals surface area contributed by atoms with E-state index in [1.807, 2.05) is 0 Å². The Balaban J connectivity index is 1.85. The molecular weight excluding hydrogens is 276 g/mol. The number of thiophene rings is 1. The van der Waals surface area contributed by atoms with Gasteiger partial charge in [-0.15, -0.1) is 11.3 Å². The van der Waals surface area contributed by atoms with Crippen molar-refractivity contribution in [3.8, 4) is 0 Å². The maximum absolute atomic E-state index is 12.2. The van der Waals surface area contributed by atoms with Gasteiger partial charge in [-0.05, 0) is 37.7 Å². The quantitative estimate of drug-likeness (QED) is 0.853. The second-order valence-electron chi connectivity index (χ2n) is 5.18. The summed E-state index contributed by atoms with van der Waals surface area (Å²) in [6.07, 6.45) is 5.07. The van der Waals surface area contributed by atoms with E-state index < -0.39 is 0 Å². The van der Waals surface area contributed by atoms with Crippen molar-refractivity contribution in [2.24, 2.45) is 0 Å². The SMILES string of the molecule is COC(=O)c1c(NC(=O)N2CCCC2)sc2c1CCC2. The summed E-state index contributed by atoms with van der Waals surface area (Å²) >= 11 is 1.52. The monoisotopic (exact) mass is 294 g/mol. The van der Waals surface area contributed by atoms with Gasteiger partial charge in [-0.25, -0.2) is 9.59 Å². The number of methoxy groups -OCH3 is 1. The van der Waals surface area contributed by atoms with Crippen LogP contribution in [-0.2, 0) is 17.6 Å². The largest absolute Gasteiger partial charge is 0.465 e. The zero-order chi connectivity index (χ0) is 14.1. The van der Waals surface area contributed by atoms with Gasteiger partial charge < -0.3 is 9.64 Å². The van der Waals surface area contributed by atoms with Crippen molar-refractivity contribution in [3.63, 3.8) is 0 Å². The lowest BCUT2D eigenvalue weighted by Crippen LogP contribution is -2.32. The van der Waals surface area contributed by atoms with Gasteiger partial charge in [-0.3, -0.25) is 5.32 Å². The normalized spacial score (nSPS) is 17.1. The number of aryl methyl sites for hydroxylation is 1. The predicted molar refractivity (Wildman–Crippen MR) is 77.5 cm³/mol. The van der Waals surface area contributed by atoms with E-state index >= 15 is 0 Å². The molecule has 0 saturated carbocycles. The zero-order valence-electron chi connectivity index (χ0n) is 11.5. The Hall–Kier alpha value is -1.56. The molecule has 0 bridgehead atoms. The lowest BCUT2D eigenvalue weighted by molar-refractivity contribution is 0.0601.